The maximum atomic E-state index is 12.0. The third kappa shape index (κ3) is 5.21. The van der Waals surface area contributed by atoms with Crippen LogP contribution in [0.2, 0.25) is 0 Å². The quantitative estimate of drug-likeness (QED) is 0.643. The zero-order valence-electron chi connectivity index (χ0n) is 15.1. The van der Waals surface area contributed by atoms with Crippen LogP contribution >= 0.6 is 11.3 Å². The number of carbonyl (C=O) groups is 1. The molecular formula is C20H20N2O4S. The van der Waals surface area contributed by atoms with Crippen LogP contribution in [0, 0.1) is 0 Å². The first kappa shape index (κ1) is 18.7. The Morgan fingerprint density at radius 1 is 0.963 bits per heavy atom. The second-order valence-electron chi connectivity index (χ2n) is 5.61. The van der Waals surface area contributed by atoms with Crippen LogP contribution in [-0.2, 0) is 11.3 Å². The van der Waals surface area contributed by atoms with E-state index in [1.54, 1.807) is 38.5 Å². The van der Waals surface area contributed by atoms with E-state index in [1.807, 2.05) is 29.6 Å². The van der Waals surface area contributed by atoms with Gasteiger partial charge in [-0.25, -0.2) is 4.98 Å². The number of hydrogen-bond donors (Lipinski definition) is 1. The van der Waals surface area contributed by atoms with E-state index in [9.17, 15) is 4.79 Å². The van der Waals surface area contributed by atoms with Gasteiger partial charge in [-0.05, 0) is 48.5 Å². The molecule has 140 valence electrons. The molecule has 7 heteroatoms. The van der Waals surface area contributed by atoms with Gasteiger partial charge in [-0.3, -0.25) is 4.79 Å². The fourth-order valence-corrected chi connectivity index (χ4v) is 3.14. The lowest BCUT2D eigenvalue weighted by Gasteiger charge is -2.07. The van der Waals surface area contributed by atoms with Gasteiger partial charge in [0.05, 0.1) is 26.5 Å². The average molecular weight is 384 g/mol. The van der Waals surface area contributed by atoms with Crippen LogP contribution in [0.25, 0.3) is 10.6 Å². The molecule has 1 amide bonds. The smallest absolute Gasteiger partial charge is 0.258 e. The van der Waals surface area contributed by atoms with Crippen LogP contribution in [0.15, 0.2) is 53.9 Å². The zero-order chi connectivity index (χ0) is 19.1. The number of thiazole rings is 1. The van der Waals surface area contributed by atoms with Gasteiger partial charge < -0.3 is 19.5 Å². The van der Waals surface area contributed by atoms with Crippen molar-refractivity contribution in [3.05, 3.63) is 59.6 Å². The second kappa shape index (κ2) is 9.05. The largest absolute Gasteiger partial charge is 0.497 e. The van der Waals surface area contributed by atoms with Crippen molar-refractivity contribution in [3.63, 3.8) is 0 Å². The minimum Gasteiger partial charge on any atom is -0.497 e. The van der Waals surface area contributed by atoms with E-state index < -0.39 is 0 Å². The van der Waals surface area contributed by atoms with Crippen LogP contribution in [0.1, 0.15) is 5.69 Å². The summed E-state index contributed by atoms with van der Waals surface area (Å²) in [5, 5.41) is 5.64. The van der Waals surface area contributed by atoms with Gasteiger partial charge in [0.1, 0.15) is 22.3 Å². The number of ether oxygens (including phenoxy) is 3. The van der Waals surface area contributed by atoms with Crippen LogP contribution in [-0.4, -0.2) is 31.7 Å². The first-order valence-corrected chi connectivity index (χ1v) is 9.18. The summed E-state index contributed by atoms with van der Waals surface area (Å²) >= 11 is 1.54. The van der Waals surface area contributed by atoms with Crippen molar-refractivity contribution in [1.29, 1.82) is 0 Å². The van der Waals surface area contributed by atoms with Crippen molar-refractivity contribution < 1.29 is 19.0 Å². The monoisotopic (exact) mass is 384 g/mol. The molecule has 0 fully saturated rings. The SMILES string of the molecule is COc1ccc(OCC(=O)NCc2csc(-c3ccc(OC)cc3)n2)cc1. The molecule has 0 aliphatic heterocycles. The highest BCUT2D eigenvalue weighted by Gasteiger charge is 2.08. The second-order valence-corrected chi connectivity index (χ2v) is 6.47. The summed E-state index contributed by atoms with van der Waals surface area (Å²) in [6.07, 6.45) is 0. The number of rotatable bonds is 8. The number of carbonyl (C=O) groups excluding carboxylic acids is 1. The zero-order valence-corrected chi connectivity index (χ0v) is 15.9. The summed E-state index contributed by atoms with van der Waals surface area (Å²) in [5.41, 5.74) is 1.82. The minimum atomic E-state index is -0.204. The first-order valence-electron chi connectivity index (χ1n) is 8.30. The third-order valence-electron chi connectivity index (χ3n) is 3.78. The molecule has 1 aromatic heterocycles. The summed E-state index contributed by atoms with van der Waals surface area (Å²) in [7, 11) is 3.24. The van der Waals surface area contributed by atoms with E-state index in [0.29, 0.717) is 12.3 Å². The highest BCUT2D eigenvalue weighted by atomic mass is 32.1. The summed E-state index contributed by atoms with van der Waals surface area (Å²) < 4.78 is 15.7. The van der Waals surface area contributed by atoms with Gasteiger partial charge in [0, 0.05) is 10.9 Å². The van der Waals surface area contributed by atoms with Gasteiger partial charge >= 0.3 is 0 Å². The predicted molar refractivity (Wildman–Crippen MR) is 104 cm³/mol. The van der Waals surface area contributed by atoms with E-state index >= 15 is 0 Å². The molecule has 0 spiro atoms. The molecule has 0 saturated heterocycles. The molecule has 0 unspecified atom stereocenters. The molecule has 3 rings (SSSR count). The molecular weight excluding hydrogens is 364 g/mol. The molecule has 1 N–H and O–H groups in total. The van der Waals surface area contributed by atoms with Crippen LogP contribution in [0.5, 0.6) is 17.2 Å². The molecule has 2 aromatic carbocycles. The van der Waals surface area contributed by atoms with E-state index in [0.717, 1.165) is 27.8 Å². The highest BCUT2D eigenvalue weighted by molar-refractivity contribution is 7.13. The normalized spacial score (nSPS) is 10.3. The van der Waals surface area contributed by atoms with E-state index in [1.165, 1.54) is 11.3 Å². The lowest BCUT2D eigenvalue weighted by Crippen LogP contribution is -2.28. The van der Waals surface area contributed by atoms with Crippen molar-refractivity contribution in [2.45, 2.75) is 6.54 Å². The molecule has 0 aliphatic carbocycles. The molecule has 0 bridgehead atoms. The fraction of sp³-hybridized carbons (Fsp3) is 0.200. The minimum absolute atomic E-state index is 0.0538. The molecule has 0 aliphatic rings. The standard InChI is InChI=1S/C20H20N2O4S/c1-24-16-5-3-14(4-6-16)20-22-15(13-27-20)11-21-19(23)12-26-18-9-7-17(25-2)8-10-18/h3-10,13H,11-12H2,1-2H3,(H,21,23). The number of amides is 1. The summed E-state index contributed by atoms with van der Waals surface area (Å²) in [6, 6.07) is 14.8. The summed E-state index contributed by atoms with van der Waals surface area (Å²) in [6.45, 7) is 0.305. The molecule has 3 aromatic rings. The van der Waals surface area contributed by atoms with Crippen LogP contribution in [0.4, 0.5) is 0 Å². The van der Waals surface area contributed by atoms with E-state index in [2.05, 4.69) is 10.3 Å². The number of aromatic nitrogens is 1. The van der Waals surface area contributed by atoms with Gasteiger partial charge in [-0.15, -0.1) is 11.3 Å². The van der Waals surface area contributed by atoms with Crippen LogP contribution in [0.3, 0.4) is 0 Å². The van der Waals surface area contributed by atoms with Gasteiger partial charge in [0.25, 0.3) is 5.91 Å². The lowest BCUT2D eigenvalue weighted by atomic mass is 10.2. The fourth-order valence-electron chi connectivity index (χ4n) is 2.32. The molecule has 0 radical (unpaired) electrons. The first-order chi connectivity index (χ1) is 13.2. The number of nitrogens with zero attached hydrogens (tertiary/aromatic N) is 1. The third-order valence-corrected chi connectivity index (χ3v) is 4.72. The Morgan fingerprint density at radius 2 is 1.56 bits per heavy atom. The van der Waals surface area contributed by atoms with Gasteiger partial charge in [-0.1, -0.05) is 0 Å². The molecule has 6 nitrogen and oxygen atoms in total. The Hall–Kier alpha value is -3.06. The predicted octanol–water partition coefficient (Wildman–Crippen LogP) is 3.52. The number of nitrogens with one attached hydrogen (secondary N) is 1. The molecule has 0 atom stereocenters. The van der Waals surface area contributed by atoms with E-state index in [4.69, 9.17) is 14.2 Å². The van der Waals surface area contributed by atoms with Crippen molar-refractivity contribution in [2.24, 2.45) is 0 Å². The Kier molecular flexibility index (Phi) is 6.27. The molecule has 1 heterocycles. The van der Waals surface area contributed by atoms with Gasteiger partial charge in [-0.2, -0.15) is 0 Å². The van der Waals surface area contributed by atoms with Crippen molar-refractivity contribution in [2.75, 3.05) is 20.8 Å². The Labute approximate surface area is 161 Å². The Balaban J connectivity index is 1.47. The average Bonchev–Trinajstić information content (AvgIpc) is 3.20. The van der Waals surface area contributed by atoms with Gasteiger partial charge in [0.15, 0.2) is 6.61 Å². The molecule has 0 saturated carbocycles. The van der Waals surface area contributed by atoms with E-state index in [-0.39, 0.29) is 12.5 Å². The maximum Gasteiger partial charge on any atom is 0.258 e. The summed E-state index contributed by atoms with van der Waals surface area (Å²) in [5.74, 6) is 1.95. The Morgan fingerprint density at radius 3 is 2.19 bits per heavy atom. The highest BCUT2D eigenvalue weighted by Crippen LogP contribution is 2.25. The number of methoxy groups -OCH3 is 2. The Bertz CT molecular complexity index is 876. The van der Waals surface area contributed by atoms with Crippen molar-refractivity contribution >= 4 is 17.2 Å². The maximum absolute atomic E-state index is 12.0. The summed E-state index contributed by atoms with van der Waals surface area (Å²) in [4.78, 5) is 16.5. The van der Waals surface area contributed by atoms with Crippen LogP contribution < -0.4 is 19.5 Å². The molecule has 27 heavy (non-hydrogen) atoms. The topological polar surface area (TPSA) is 69.7 Å². The lowest BCUT2D eigenvalue weighted by molar-refractivity contribution is -0.123. The van der Waals surface area contributed by atoms with Crippen molar-refractivity contribution in [1.82, 2.24) is 10.3 Å². The van der Waals surface area contributed by atoms with Gasteiger partial charge in [0.2, 0.25) is 0 Å². The number of hydrogen-bond acceptors (Lipinski definition) is 6. The number of benzene rings is 2. The van der Waals surface area contributed by atoms with Crippen molar-refractivity contribution in [3.8, 4) is 27.8 Å².